The SMILES string of the molecule is CCCC1(C(=O)O)CCCN1c1ccc(Cl)cc1C(N)=O. The number of hydrogen-bond donors (Lipinski definition) is 2. The number of aliphatic carboxylic acids is 1. The van der Waals surface area contributed by atoms with E-state index in [1.165, 1.54) is 6.07 Å². The van der Waals surface area contributed by atoms with Gasteiger partial charge in [0.1, 0.15) is 5.54 Å². The van der Waals surface area contributed by atoms with Gasteiger partial charge in [0, 0.05) is 11.6 Å². The second kappa shape index (κ2) is 5.93. The molecule has 6 heteroatoms. The highest BCUT2D eigenvalue weighted by Gasteiger charge is 2.47. The number of rotatable bonds is 5. The second-order valence-electron chi connectivity index (χ2n) is 5.37. The molecule has 0 aromatic heterocycles. The zero-order valence-electron chi connectivity index (χ0n) is 11.9. The molecule has 21 heavy (non-hydrogen) atoms. The number of carbonyl (C=O) groups excluding carboxylic acids is 1. The molecule has 1 aromatic carbocycles. The summed E-state index contributed by atoms with van der Waals surface area (Å²) in [7, 11) is 0. The van der Waals surface area contributed by atoms with Gasteiger partial charge < -0.3 is 15.7 Å². The summed E-state index contributed by atoms with van der Waals surface area (Å²) in [4.78, 5) is 25.3. The first-order chi connectivity index (χ1) is 9.92. The van der Waals surface area contributed by atoms with Crippen LogP contribution in [0.5, 0.6) is 0 Å². The van der Waals surface area contributed by atoms with Crippen LogP contribution in [0, 0.1) is 0 Å². The van der Waals surface area contributed by atoms with Crippen molar-refractivity contribution in [3.05, 3.63) is 28.8 Å². The van der Waals surface area contributed by atoms with Crippen LogP contribution in [-0.2, 0) is 4.79 Å². The van der Waals surface area contributed by atoms with Gasteiger partial charge in [0.15, 0.2) is 0 Å². The van der Waals surface area contributed by atoms with Crippen molar-refractivity contribution in [1.82, 2.24) is 0 Å². The van der Waals surface area contributed by atoms with E-state index in [2.05, 4.69) is 0 Å². The highest BCUT2D eigenvalue weighted by atomic mass is 35.5. The third-order valence-corrected chi connectivity index (χ3v) is 4.30. The summed E-state index contributed by atoms with van der Waals surface area (Å²) in [5, 5.41) is 10.1. The van der Waals surface area contributed by atoms with Gasteiger partial charge in [-0.25, -0.2) is 4.79 Å². The number of nitrogens with two attached hydrogens (primary N) is 1. The third-order valence-electron chi connectivity index (χ3n) is 4.07. The Labute approximate surface area is 128 Å². The van der Waals surface area contributed by atoms with Crippen LogP contribution in [0.3, 0.4) is 0 Å². The van der Waals surface area contributed by atoms with E-state index >= 15 is 0 Å². The Morgan fingerprint density at radius 3 is 2.76 bits per heavy atom. The zero-order chi connectivity index (χ0) is 15.6. The molecular formula is C15H19ClN2O3. The Bertz CT molecular complexity index is 576. The van der Waals surface area contributed by atoms with Gasteiger partial charge in [-0.1, -0.05) is 24.9 Å². The minimum absolute atomic E-state index is 0.270. The third kappa shape index (κ3) is 2.70. The summed E-state index contributed by atoms with van der Waals surface area (Å²) in [5.41, 5.74) is 5.28. The molecule has 1 heterocycles. The molecule has 1 unspecified atom stereocenters. The fraction of sp³-hybridized carbons (Fsp3) is 0.467. The Balaban J connectivity index is 2.54. The van der Waals surface area contributed by atoms with Gasteiger partial charge in [-0.3, -0.25) is 4.79 Å². The molecule has 0 spiro atoms. The molecule has 5 nitrogen and oxygen atoms in total. The average molecular weight is 311 g/mol. The van der Waals surface area contributed by atoms with Crippen LogP contribution >= 0.6 is 11.6 Å². The number of anilines is 1. The van der Waals surface area contributed by atoms with Gasteiger partial charge >= 0.3 is 5.97 Å². The summed E-state index contributed by atoms with van der Waals surface area (Å²) < 4.78 is 0. The lowest BCUT2D eigenvalue weighted by atomic mass is 9.90. The molecule has 1 saturated heterocycles. The van der Waals surface area contributed by atoms with Crippen molar-refractivity contribution in [2.45, 2.75) is 38.1 Å². The molecule has 0 bridgehead atoms. The molecule has 2 rings (SSSR count). The number of carboxylic acids is 1. The average Bonchev–Trinajstić information content (AvgIpc) is 2.84. The first-order valence-corrected chi connectivity index (χ1v) is 7.40. The standard InChI is InChI=1S/C15H19ClN2O3/c1-2-6-15(14(20)21)7-3-8-18(15)12-5-4-10(16)9-11(12)13(17)19/h4-5,9H,2-3,6-8H2,1H3,(H2,17,19)(H,20,21). The number of carbonyl (C=O) groups is 2. The minimum Gasteiger partial charge on any atom is -0.479 e. The molecule has 1 amide bonds. The molecule has 3 N–H and O–H groups in total. The molecule has 1 fully saturated rings. The summed E-state index contributed by atoms with van der Waals surface area (Å²) in [6, 6.07) is 4.83. The van der Waals surface area contributed by atoms with Gasteiger partial charge in [-0.2, -0.15) is 0 Å². The van der Waals surface area contributed by atoms with E-state index in [1.54, 1.807) is 17.0 Å². The Morgan fingerprint density at radius 2 is 2.19 bits per heavy atom. The van der Waals surface area contributed by atoms with Crippen LogP contribution in [0.4, 0.5) is 5.69 Å². The topological polar surface area (TPSA) is 83.6 Å². The number of halogens is 1. The van der Waals surface area contributed by atoms with E-state index in [1.807, 2.05) is 6.92 Å². The van der Waals surface area contributed by atoms with Crippen LogP contribution in [0.2, 0.25) is 5.02 Å². The Hall–Kier alpha value is -1.75. The maximum Gasteiger partial charge on any atom is 0.329 e. The van der Waals surface area contributed by atoms with Gasteiger partial charge in [0.2, 0.25) is 0 Å². The molecule has 0 radical (unpaired) electrons. The van der Waals surface area contributed by atoms with Crippen LogP contribution in [0.1, 0.15) is 43.0 Å². The number of hydrogen-bond acceptors (Lipinski definition) is 3. The summed E-state index contributed by atoms with van der Waals surface area (Å²) in [6.45, 7) is 2.55. The molecular weight excluding hydrogens is 292 g/mol. The van der Waals surface area contributed by atoms with Gasteiger partial charge in [-0.05, 0) is 37.5 Å². The molecule has 114 valence electrons. The normalized spacial score (nSPS) is 21.5. The lowest BCUT2D eigenvalue weighted by Crippen LogP contribution is -2.51. The van der Waals surface area contributed by atoms with E-state index in [-0.39, 0.29) is 5.56 Å². The number of carboxylic acid groups (broad SMARTS) is 1. The molecule has 0 saturated carbocycles. The van der Waals surface area contributed by atoms with Gasteiger partial charge in [0.25, 0.3) is 5.91 Å². The van der Waals surface area contributed by atoms with Gasteiger partial charge in [0.05, 0.1) is 11.3 Å². The quantitative estimate of drug-likeness (QED) is 0.875. The smallest absolute Gasteiger partial charge is 0.329 e. The molecule has 1 atom stereocenters. The summed E-state index contributed by atoms with van der Waals surface area (Å²) >= 11 is 5.92. The van der Waals surface area contributed by atoms with Crippen molar-refractivity contribution in [2.75, 3.05) is 11.4 Å². The molecule has 1 aromatic rings. The van der Waals surface area contributed by atoms with E-state index in [0.717, 1.165) is 12.8 Å². The van der Waals surface area contributed by atoms with Crippen molar-refractivity contribution >= 4 is 29.2 Å². The fourth-order valence-electron chi connectivity index (χ4n) is 3.17. The first-order valence-electron chi connectivity index (χ1n) is 7.03. The lowest BCUT2D eigenvalue weighted by Gasteiger charge is -2.37. The van der Waals surface area contributed by atoms with Crippen LogP contribution in [-0.4, -0.2) is 29.1 Å². The van der Waals surface area contributed by atoms with Crippen molar-refractivity contribution < 1.29 is 14.7 Å². The van der Waals surface area contributed by atoms with E-state index < -0.39 is 17.4 Å². The number of nitrogens with zero attached hydrogens (tertiary/aromatic N) is 1. The molecule has 0 aliphatic carbocycles. The zero-order valence-corrected chi connectivity index (χ0v) is 12.7. The van der Waals surface area contributed by atoms with Crippen molar-refractivity contribution in [3.8, 4) is 0 Å². The highest BCUT2D eigenvalue weighted by Crippen LogP contribution is 2.39. The summed E-state index contributed by atoms with van der Waals surface area (Å²) in [5.74, 6) is -1.46. The largest absolute Gasteiger partial charge is 0.479 e. The van der Waals surface area contributed by atoms with Crippen molar-refractivity contribution in [1.29, 1.82) is 0 Å². The predicted molar refractivity (Wildman–Crippen MR) is 81.8 cm³/mol. The number of primary amides is 1. The summed E-state index contributed by atoms with van der Waals surface area (Å²) in [6.07, 6.45) is 2.62. The molecule has 1 aliphatic heterocycles. The van der Waals surface area contributed by atoms with E-state index in [9.17, 15) is 14.7 Å². The van der Waals surface area contributed by atoms with E-state index in [0.29, 0.717) is 30.1 Å². The number of benzene rings is 1. The monoisotopic (exact) mass is 310 g/mol. The Kier molecular flexibility index (Phi) is 4.42. The number of amides is 1. The fourth-order valence-corrected chi connectivity index (χ4v) is 3.35. The maximum atomic E-state index is 11.9. The lowest BCUT2D eigenvalue weighted by molar-refractivity contribution is -0.143. The van der Waals surface area contributed by atoms with Crippen LogP contribution < -0.4 is 10.6 Å². The van der Waals surface area contributed by atoms with Crippen molar-refractivity contribution in [3.63, 3.8) is 0 Å². The predicted octanol–water partition coefficient (Wildman–Crippen LogP) is 2.66. The highest BCUT2D eigenvalue weighted by molar-refractivity contribution is 6.31. The van der Waals surface area contributed by atoms with Crippen LogP contribution in [0.25, 0.3) is 0 Å². The maximum absolute atomic E-state index is 11.9. The van der Waals surface area contributed by atoms with E-state index in [4.69, 9.17) is 17.3 Å². The van der Waals surface area contributed by atoms with Crippen molar-refractivity contribution in [2.24, 2.45) is 5.73 Å². The first kappa shape index (κ1) is 15.6. The minimum atomic E-state index is -0.965. The second-order valence-corrected chi connectivity index (χ2v) is 5.80. The Morgan fingerprint density at radius 1 is 1.48 bits per heavy atom. The van der Waals surface area contributed by atoms with Gasteiger partial charge in [-0.15, -0.1) is 0 Å². The molecule has 1 aliphatic rings. The van der Waals surface area contributed by atoms with Crippen LogP contribution in [0.15, 0.2) is 18.2 Å².